The van der Waals surface area contributed by atoms with Crippen molar-refractivity contribution < 1.29 is 0 Å². The van der Waals surface area contributed by atoms with Crippen molar-refractivity contribution >= 4 is 11.3 Å². The maximum Gasteiger partial charge on any atom is 0.0302 e. The molecule has 0 saturated heterocycles. The van der Waals surface area contributed by atoms with Gasteiger partial charge in [0.1, 0.15) is 0 Å². The van der Waals surface area contributed by atoms with Crippen LogP contribution in [-0.4, -0.2) is 6.04 Å². The highest BCUT2D eigenvalue weighted by Gasteiger charge is 2.03. The molecule has 0 atom stereocenters. The molecule has 0 aliphatic heterocycles. The molecule has 2 heteroatoms. The van der Waals surface area contributed by atoms with Gasteiger partial charge in [0.2, 0.25) is 0 Å². The Kier molecular flexibility index (Phi) is 5.20. The molecule has 1 aromatic rings. The van der Waals surface area contributed by atoms with Gasteiger partial charge in [0.25, 0.3) is 0 Å². The third-order valence-electron chi connectivity index (χ3n) is 2.62. The monoisotopic (exact) mass is 211 g/mol. The lowest BCUT2D eigenvalue weighted by Gasteiger charge is -2.13. The van der Waals surface area contributed by atoms with Gasteiger partial charge in [-0.25, -0.2) is 0 Å². The highest BCUT2D eigenvalue weighted by Crippen LogP contribution is 2.16. The summed E-state index contributed by atoms with van der Waals surface area (Å²) in [6.07, 6.45) is 3.61. The van der Waals surface area contributed by atoms with Gasteiger partial charge in [0.05, 0.1) is 0 Å². The van der Waals surface area contributed by atoms with Crippen LogP contribution in [0.1, 0.15) is 43.4 Å². The van der Waals surface area contributed by atoms with Gasteiger partial charge in [-0.05, 0) is 31.4 Å². The van der Waals surface area contributed by atoms with E-state index in [1.807, 2.05) is 11.3 Å². The summed E-state index contributed by atoms with van der Waals surface area (Å²) in [6.45, 7) is 7.74. The Balaban J connectivity index is 2.37. The van der Waals surface area contributed by atoms with Crippen LogP contribution in [0, 0.1) is 0 Å². The molecule has 14 heavy (non-hydrogen) atoms. The van der Waals surface area contributed by atoms with Crippen LogP contribution >= 0.6 is 11.3 Å². The highest BCUT2D eigenvalue weighted by atomic mass is 32.1. The smallest absolute Gasteiger partial charge is 0.0302 e. The molecule has 0 fully saturated rings. The molecule has 1 rings (SSSR count). The fourth-order valence-electron chi connectivity index (χ4n) is 1.53. The van der Waals surface area contributed by atoms with E-state index in [1.165, 1.54) is 22.6 Å². The first-order valence-electron chi connectivity index (χ1n) is 5.61. The first-order valence-corrected chi connectivity index (χ1v) is 6.42. The zero-order valence-corrected chi connectivity index (χ0v) is 10.3. The van der Waals surface area contributed by atoms with E-state index in [4.69, 9.17) is 0 Å². The second-order valence-electron chi connectivity index (χ2n) is 3.62. The quantitative estimate of drug-likeness (QED) is 0.758. The second kappa shape index (κ2) is 6.20. The summed E-state index contributed by atoms with van der Waals surface area (Å²) in [7, 11) is 0. The van der Waals surface area contributed by atoms with Crippen LogP contribution in [-0.2, 0) is 13.0 Å². The third kappa shape index (κ3) is 3.43. The zero-order valence-electron chi connectivity index (χ0n) is 9.47. The average molecular weight is 211 g/mol. The molecule has 1 nitrogen and oxygen atoms in total. The minimum absolute atomic E-state index is 0.683. The van der Waals surface area contributed by atoms with Crippen molar-refractivity contribution in [3.63, 3.8) is 0 Å². The van der Waals surface area contributed by atoms with E-state index in [2.05, 4.69) is 38.2 Å². The molecule has 0 aromatic carbocycles. The summed E-state index contributed by atoms with van der Waals surface area (Å²) in [5, 5.41) is 3.58. The predicted molar refractivity (Wildman–Crippen MR) is 64.9 cm³/mol. The van der Waals surface area contributed by atoms with Gasteiger partial charge in [-0.1, -0.05) is 20.8 Å². The molecule has 0 aliphatic rings. The summed E-state index contributed by atoms with van der Waals surface area (Å²) in [5.41, 5.74) is 0. The molecule has 0 aliphatic carbocycles. The Morgan fingerprint density at radius 1 is 1.14 bits per heavy atom. The van der Waals surface area contributed by atoms with Crippen molar-refractivity contribution in [1.82, 2.24) is 5.32 Å². The first-order chi connectivity index (χ1) is 6.80. The van der Waals surface area contributed by atoms with E-state index in [0.717, 1.165) is 13.0 Å². The molecule has 1 heterocycles. The second-order valence-corrected chi connectivity index (χ2v) is 4.87. The van der Waals surface area contributed by atoms with Crippen molar-refractivity contribution in [1.29, 1.82) is 0 Å². The molecule has 0 spiro atoms. The lowest BCUT2D eigenvalue weighted by Crippen LogP contribution is -2.26. The molecule has 80 valence electrons. The summed E-state index contributed by atoms with van der Waals surface area (Å²) in [6, 6.07) is 5.18. The lowest BCUT2D eigenvalue weighted by atomic mass is 10.2. The molecular weight excluding hydrogens is 190 g/mol. The average Bonchev–Trinajstić information content (AvgIpc) is 2.67. The Morgan fingerprint density at radius 3 is 2.29 bits per heavy atom. The van der Waals surface area contributed by atoms with Crippen LogP contribution in [0.25, 0.3) is 0 Å². The standard InChI is InChI=1S/C12H21NS/c1-4-10(5-2)13-9-12-8-7-11(6-3)14-12/h7-8,10,13H,4-6,9H2,1-3H3. The van der Waals surface area contributed by atoms with Gasteiger partial charge in [0, 0.05) is 22.3 Å². The molecule has 0 saturated carbocycles. The molecule has 1 N–H and O–H groups in total. The van der Waals surface area contributed by atoms with Crippen molar-refractivity contribution in [2.24, 2.45) is 0 Å². The van der Waals surface area contributed by atoms with Gasteiger partial charge in [-0.15, -0.1) is 11.3 Å². The number of thiophene rings is 1. The van der Waals surface area contributed by atoms with Crippen LogP contribution in [0.5, 0.6) is 0 Å². The predicted octanol–water partition coefficient (Wildman–Crippen LogP) is 3.59. The fourth-order valence-corrected chi connectivity index (χ4v) is 2.44. The maximum atomic E-state index is 3.58. The van der Waals surface area contributed by atoms with Crippen LogP contribution < -0.4 is 5.32 Å². The summed E-state index contributed by atoms with van der Waals surface area (Å²) >= 11 is 1.93. The number of nitrogens with one attached hydrogen (secondary N) is 1. The normalized spacial score (nSPS) is 11.1. The molecule has 0 amide bonds. The zero-order chi connectivity index (χ0) is 10.4. The first kappa shape index (κ1) is 11.7. The van der Waals surface area contributed by atoms with E-state index >= 15 is 0 Å². The lowest BCUT2D eigenvalue weighted by molar-refractivity contribution is 0.486. The Labute approximate surface area is 91.5 Å². The summed E-state index contributed by atoms with van der Waals surface area (Å²) < 4.78 is 0. The Bertz CT molecular complexity index is 251. The van der Waals surface area contributed by atoms with Crippen LogP contribution in [0.15, 0.2) is 12.1 Å². The van der Waals surface area contributed by atoms with E-state index in [1.54, 1.807) is 0 Å². The number of aryl methyl sites for hydroxylation is 1. The Morgan fingerprint density at radius 2 is 1.79 bits per heavy atom. The van der Waals surface area contributed by atoms with E-state index in [9.17, 15) is 0 Å². The SMILES string of the molecule is CCc1ccc(CNC(CC)CC)s1. The van der Waals surface area contributed by atoms with E-state index in [0.29, 0.717) is 6.04 Å². The molecule has 0 unspecified atom stereocenters. The van der Waals surface area contributed by atoms with Crippen molar-refractivity contribution in [2.45, 2.75) is 52.6 Å². The topological polar surface area (TPSA) is 12.0 Å². The van der Waals surface area contributed by atoms with Crippen molar-refractivity contribution in [3.05, 3.63) is 21.9 Å². The van der Waals surface area contributed by atoms with Gasteiger partial charge in [-0.3, -0.25) is 0 Å². The minimum atomic E-state index is 0.683. The van der Waals surface area contributed by atoms with E-state index in [-0.39, 0.29) is 0 Å². The van der Waals surface area contributed by atoms with Crippen LogP contribution in [0.2, 0.25) is 0 Å². The molecule has 1 aromatic heterocycles. The molecule has 0 bridgehead atoms. The number of hydrogen-bond acceptors (Lipinski definition) is 2. The largest absolute Gasteiger partial charge is 0.309 e. The number of rotatable bonds is 6. The maximum absolute atomic E-state index is 3.58. The van der Waals surface area contributed by atoms with Gasteiger partial charge >= 0.3 is 0 Å². The van der Waals surface area contributed by atoms with Gasteiger partial charge < -0.3 is 5.32 Å². The molecular formula is C12H21NS. The van der Waals surface area contributed by atoms with Gasteiger partial charge in [-0.2, -0.15) is 0 Å². The van der Waals surface area contributed by atoms with Crippen molar-refractivity contribution in [2.75, 3.05) is 0 Å². The van der Waals surface area contributed by atoms with Crippen LogP contribution in [0.4, 0.5) is 0 Å². The molecule has 0 radical (unpaired) electrons. The summed E-state index contributed by atoms with van der Waals surface area (Å²) in [5.74, 6) is 0. The third-order valence-corrected chi connectivity index (χ3v) is 3.85. The van der Waals surface area contributed by atoms with E-state index < -0.39 is 0 Å². The summed E-state index contributed by atoms with van der Waals surface area (Å²) in [4.78, 5) is 2.96. The Hall–Kier alpha value is -0.340. The van der Waals surface area contributed by atoms with Gasteiger partial charge in [0.15, 0.2) is 0 Å². The minimum Gasteiger partial charge on any atom is -0.309 e. The number of hydrogen-bond donors (Lipinski definition) is 1. The highest BCUT2D eigenvalue weighted by molar-refractivity contribution is 7.11. The fraction of sp³-hybridized carbons (Fsp3) is 0.667. The van der Waals surface area contributed by atoms with Crippen molar-refractivity contribution in [3.8, 4) is 0 Å². The van der Waals surface area contributed by atoms with Crippen LogP contribution in [0.3, 0.4) is 0 Å².